The molecular formula is C27H25NO6. The van der Waals surface area contributed by atoms with Gasteiger partial charge in [0.25, 0.3) is 0 Å². The van der Waals surface area contributed by atoms with Gasteiger partial charge in [0.05, 0.1) is 23.3 Å². The van der Waals surface area contributed by atoms with E-state index >= 15 is 0 Å². The molecule has 3 aromatic carbocycles. The van der Waals surface area contributed by atoms with Crippen LogP contribution in [0.1, 0.15) is 38.0 Å². The maximum absolute atomic E-state index is 12.7. The smallest absolute Gasteiger partial charge is 0.338 e. The molecule has 7 heteroatoms. The van der Waals surface area contributed by atoms with E-state index in [1.54, 1.807) is 97.9 Å². The monoisotopic (exact) mass is 459 g/mol. The Balaban J connectivity index is 1.76. The molecule has 3 aromatic rings. The summed E-state index contributed by atoms with van der Waals surface area (Å²) >= 11 is 0. The molecule has 0 aliphatic heterocycles. The predicted molar refractivity (Wildman–Crippen MR) is 126 cm³/mol. The number of nitrogens with one attached hydrogen (secondary N) is 1. The van der Waals surface area contributed by atoms with Gasteiger partial charge in [0, 0.05) is 12.1 Å². The highest BCUT2D eigenvalue weighted by Crippen LogP contribution is 2.19. The third kappa shape index (κ3) is 6.62. The van der Waals surface area contributed by atoms with Gasteiger partial charge in [-0.25, -0.2) is 14.4 Å². The average Bonchev–Trinajstić information content (AvgIpc) is 2.90. The van der Waals surface area contributed by atoms with Gasteiger partial charge in [0.2, 0.25) is 0 Å². The molecule has 0 saturated carbocycles. The first-order chi connectivity index (χ1) is 16.5. The number of esters is 3. The van der Waals surface area contributed by atoms with E-state index in [2.05, 4.69) is 0 Å². The van der Waals surface area contributed by atoms with Gasteiger partial charge < -0.3 is 19.6 Å². The van der Waals surface area contributed by atoms with Crippen molar-refractivity contribution >= 4 is 24.1 Å². The van der Waals surface area contributed by atoms with Crippen LogP contribution >= 0.6 is 0 Å². The van der Waals surface area contributed by atoms with Gasteiger partial charge >= 0.3 is 17.9 Å². The molecule has 0 fully saturated rings. The number of ether oxygens (including phenoxy) is 3. The first-order valence-electron chi connectivity index (χ1n) is 10.7. The van der Waals surface area contributed by atoms with Crippen molar-refractivity contribution in [2.45, 2.75) is 19.1 Å². The average molecular weight is 459 g/mol. The van der Waals surface area contributed by atoms with Crippen LogP contribution in [-0.2, 0) is 14.2 Å². The second-order valence-electron chi connectivity index (χ2n) is 7.58. The molecule has 0 unspecified atom stereocenters. The minimum Gasteiger partial charge on any atom is -0.462 e. The quantitative estimate of drug-likeness (QED) is 0.270. The van der Waals surface area contributed by atoms with Crippen molar-refractivity contribution in [1.29, 1.82) is 5.41 Å². The van der Waals surface area contributed by atoms with Crippen LogP contribution in [0.2, 0.25) is 0 Å². The van der Waals surface area contributed by atoms with Gasteiger partial charge in [-0.15, -0.1) is 0 Å². The zero-order valence-corrected chi connectivity index (χ0v) is 18.6. The molecule has 3 atom stereocenters. The molecule has 0 amide bonds. The van der Waals surface area contributed by atoms with Crippen LogP contribution in [0.25, 0.3) is 0 Å². The number of hydrogen-bond donors (Lipinski definition) is 1. The van der Waals surface area contributed by atoms with Crippen molar-refractivity contribution in [2.75, 3.05) is 6.61 Å². The highest BCUT2D eigenvalue weighted by Gasteiger charge is 2.34. The Morgan fingerprint density at radius 3 is 1.56 bits per heavy atom. The summed E-state index contributed by atoms with van der Waals surface area (Å²) in [5.41, 5.74) is 0.983. The van der Waals surface area contributed by atoms with Crippen LogP contribution in [0, 0.1) is 11.3 Å². The van der Waals surface area contributed by atoms with Crippen LogP contribution in [0.3, 0.4) is 0 Å². The molecule has 1 N–H and O–H groups in total. The Labute approximate surface area is 197 Å². The summed E-state index contributed by atoms with van der Waals surface area (Å²) in [5.74, 6) is -2.43. The van der Waals surface area contributed by atoms with E-state index < -0.39 is 36.0 Å². The molecule has 0 radical (unpaired) electrons. The highest BCUT2D eigenvalue weighted by atomic mass is 16.6. The van der Waals surface area contributed by atoms with E-state index in [0.29, 0.717) is 16.7 Å². The van der Waals surface area contributed by atoms with Crippen molar-refractivity contribution in [3.63, 3.8) is 0 Å². The van der Waals surface area contributed by atoms with Crippen LogP contribution < -0.4 is 0 Å². The summed E-state index contributed by atoms with van der Waals surface area (Å²) in [6.45, 7) is 1.57. The molecule has 0 aromatic heterocycles. The summed E-state index contributed by atoms with van der Waals surface area (Å²) in [6, 6.07) is 25.1. The molecule has 3 rings (SSSR count). The molecule has 0 saturated heterocycles. The summed E-state index contributed by atoms with van der Waals surface area (Å²) in [7, 11) is 0. The summed E-state index contributed by atoms with van der Waals surface area (Å²) in [4.78, 5) is 37.7. The lowest BCUT2D eigenvalue weighted by Crippen LogP contribution is -2.42. The molecule has 34 heavy (non-hydrogen) atoms. The Bertz CT molecular complexity index is 1100. The zero-order valence-electron chi connectivity index (χ0n) is 18.6. The van der Waals surface area contributed by atoms with Crippen molar-refractivity contribution < 1.29 is 28.6 Å². The van der Waals surface area contributed by atoms with Gasteiger partial charge in [0.15, 0.2) is 6.10 Å². The normalized spacial score (nSPS) is 13.1. The minimum absolute atomic E-state index is 0.117. The van der Waals surface area contributed by atoms with Crippen LogP contribution in [0.4, 0.5) is 0 Å². The molecule has 0 aliphatic carbocycles. The minimum atomic E-state index is -1.19. The molecular weight excluding hydrogens is 434 g/mol. The molecule has 0 spiro atoms. The maximum Gasteiger partial charge on any atom is 0.338 e. The number of carbonyl (C=O) groups is 3. The van der Waals surface area contributed by atoms with Crippen LogP contribution in [-0.4, -0.2) is 42.9 Å². The van der Waals surface area contributed by atoms with Crippen LogP contribution in [0.15, 0.2) is 91.0 Å². The second kappa shape index (κ2) is 12.1. The van der Waals surface area contributed by atoms with Crippen LogP contribution in [0.5, 0.6) is 0 Å². The third-order valence-corrected chi connectivity index (χ3v) is 5.04. The lowest BCUT2D eigenvalue weighted by atomic mass is 10.00. The van der Waals surface area contributed by atoms with E-state index in [4.69, 9.17) is 19.6 Å². The Hall–Kier alpha value is -4.26. The van der Waals surface area contributed by atoms with E-state index in [1.165, 1.54) is 0 Å². The van der Waals surface area contributed by atoms with Crippen molar-refractivity contribution in [3.05, 3.63) is 108 Å². The van der Waals surface area contributed by atoms with Crippen molar-refractivity contribution in [2.24, 2.45) is 5.92 Å². The van der Waals surface area contributed by atoms with E-state index in [0.717, 1.165) is 6.21 Å². The summed E-state index contributed by atoms with van der Waals surface area (Å²) < 4.78 is 16.6. The van der Waals surface area contributed by atoms with Gasteiger partial charge in [0.1, 0.15) is 6.10 Å². The molecule has 0 bridgehead atoms. The van der Waals surface area contributed by atoms with E-state index in [1.807, 2.05) is 0 Å². The largest absolute Gasteiger partial charge is 0.462 e. The van der Waals surface area contributed by atoms with Crippen molar-refractivity contribution in [1.82, 2.24) is 0 Å². The number of hydrogen-bond acceptors (Lipinski definition) is 7. The third-order valence-electron chi connectivity index (χ3n) is 5.04. The standard InChI is InChI=1S/C27H25NO6/c1-19(18-32-25(29)20-11-5-2-6-12-20)24(34-27(31)22-15-9-4-10-16-22)23(17-28)33-26(30)21-13-7-3-8-14-21/h2-17,19,23-24,28H,18H2,1H3/t19-,23+,24-/m1/s1. The maximum atomic E-state index is 12.7. The highest BCUT2D eigenvalue weighted by molar-refractivity contribution is 5.91. The fourth-order valence-electron chi connectivity index (χ4n) is 3.19. The van der Waals surface area contributed by atoms with E-state index in [-0.39, 0.29) is 6.61 Å². The Morgan fingerprint density at radius 2 is 1.12 bits per heavy atom. The molecule has 0 aliphatic rings. The lowest BCUT2D eigenvalue weighted by molar-refractivity contribution is -0.0426. The first kappa shape index (κ1) is 24.4. The molecule has 7 nitrogen and oxygen atoms in total. The Kier molecular flexibility index (Phi) is 8.68. The number of benzene rings is 3. The van der Waals surface area contributed by atoms with Gasteiger partial charge in [-0.2, -0.15) is 0 Å². The Morgan fingerprint density at radius 1 is 0.706 bits per heavy atom. The summed E-state index contributed by atoms with van der Waals surface area (Å²) in [6.07, 6.45) is -1.36. The van der Waals surface area contributed by atoms with Crippen molar-refractivity contribution in [3.8, 4) is 0 Å². The molecule has 174 valence electrons. The van der Waals surface area contributed by atoms with E-state index in [9.17, 15) is 14.4 Å². The van der Waals surface area contributed by atoms with Gasteiger partial charge in [-0.05, 0) is 36.4 Å². The fraction of sp³-hybridized carbons (Fsp3) is 0.185. The fourth-order valence-corrected chi connectivity index (χ4v) is 3.19. The lowest BCUT2D eigenvalue weighted by Gasteiger charge is -2.29. The predicted octanol–water partition coefficient (Wildman–Crippen LogP) is 4.58. The first-order valence-corrected chi connectivity index (χ1v) is 10.7. The van der Waals surface area contributed by atoms with Gasteiger partial charge in [-0.1, -0.05) is 61.5 Å². The SMILES string of the molecule is C[C@H](COC(=O)c1ccccc1)[C@@H](OC(=O)c1ccccc1)[C@H](C=N)OC(=O)c1ccccc1. The molecule has 0 heterocycles. The zero-order chi connectivity index (χ0) is 24.3. The van der Waals surface area contributed by atoms with Gasteiger partial charge in [-0.3, -0.25) is 0 Å². The topological polar surface area (TPSA) is 103 Å². The second-order valence-corrected chi connectivity index (χ2v) is 7.58. The summed E-state index contributed by atoms with van der Waals surface area (Å²) in [5, 5.41) is 7.84. The number of carbonyl (C=O) groups excluding carboxylic acids is 3. The number of rotatable bonds is 10.